The second-order valence-corrected chi connectivity index (χ2v) is 6.78. The van der Waals surface area contributed by atoms with Crippen LogP contribution in [0.25, 0.3) is 0 Å². The molecule has 1 aromatic heterocycles. The van der Waals surface area contributed by atoms with Gasteiger partial charge in [0.2, 0.25) is 0 Å². The van der Waals surface area contributed by atoms with Gasteiger partial charge in [0.05, 0.1) is 23.2 Å². The Kier molecular flexibility index (Phi) is 6.22. The van der Waals surface area contributed by atoms with Gasteiger partial charge in [-0.25, -0.2) is 0 Å². The van der Waals surface area contributed by atoms with E-state index in [9.17, 15) is 9.59 Å². The van der Waals surface area contributed by atoms with E-state index in [0.717, 1.165) is 11.3 Å². The van der Waals surface area contributed by atoms with Crippen LogP contribution in [-0.4, -0.2) is 25.5 Å². The number of rotatable bonds is 7. The number of nitrogens with one attached hydrogen (secondary N) is 2. The van der Waals surface area contributed by atoms with Gasteiger partial charge in [-0.1, -0.05) is 30.3 Å². The molecule has 2 aromatic carbocycles. The van der Waals surface area contributed by atoms with Gasteiger partial charge in [-0.15, -0.1) is 11.3 Å². The molecule has 0 unspecified atom stereocenters. The van der Waals surface area contributed by atoms with Crippen LogP contribution < -0.4 is 15.4 Å². The number of carbonyl (C=O) groups excluding carboxylic acids is 2. The summed E-state index contributed by atoms with van der Waals surface area (Å²) in [6.07, 6.45) is 0.708. The smallest absolute Gasteiger partial charge is 0.265 e. The molecule has 1 heterocycles. The topological polar surface area (TPSA) is 67.4 Å². The minimum absolute atomic E-state index is 0.217. The van der Waals surface area contributed by atoms with Crippen molar-refractivity contribution in [3.63, 3.8) is 0 Å². The van der Waals surface area contributed by atoms with E-state index in [1.807, 2.05) is 35.7 Å². The molecule has 0 aliphatic carbocycles. The molecule has 0 radical (unpaired) electrons. The number of methoxy groups -OCH3 is 1. The largest absolute Gasteiger partial charge is 0.497 e. The SMILES string of the molecule is COc1ccc(CCNC(=O)c2ccccc2NC(=O)c2cccs2)cc1. The van der Waals surface area contributed by atoms with E-state index in [2.05, 4.69) is 10.6 Å². The van der Waals surface area contributed by atoms with E-state index in [0.29, 0.717) is 29.1 Å². The van der Waals surface area contributed by atoms with E-state index in [1.165, 1.54) is 11.3 Å². The highest BCUT2D eigenvalue weighted by Gasteiger charge is 2.14. The van der Waals surface area contributed by atoms with Crippen molar-refractivity contribution in [1.29, 1.82) is 0 Å². The van der Waals surface area contributed by atoms with Gasteiger partial charge in [-0.05, 0) is 47.7 Å². The van der Waals surface area contributed by atoms with Crippen LogP contribution in [0.4, 0.5) is 5.69 Å². The highest BCUT2D eigenvalue weighted by molar-refractivity contribution is 7.12. The van der Waals surface area contributed by atoms with Gasteiger partial charge in [-0.2, -0.15) is 0 Å². The summed E-state index contributed by atoms with van der Waals surface area (Å²) in [4.78, 5) is 25.4. The number of hydrogen-bond acceptors (Lipinski definition) is 4. The normalized spacial score (nSPS) is 10.3. The number of carbonyl (C=O) groups is 2. The van der Waals surface area contributed by atoms with Gasteiger partial charge >= 0.3 is 0 Å². The van der Waals surface area contributed by atoms with Gasteiger partial charge in [-0.3, -0.25) is 9.59 Å². The molecule has 0 bridgehead atoms. The van der Waals surface area contributed by atoms with E-state index in [-0.39, 0.29) is 11.8 Å². The molecule has 0 fully saturated rings. The van der Waals surface area contributed by atoms with E-state index < -0.39 is 0 Å². The highest BCUT2D eigenvalue weighted by atomic mass is 32.1. The zero-order valence-corrected chi connectivity index (χ0v) is 15.7. The first kappa shape index (κ1) is 18.7. The van der Waals surface area contributed by atoms with Crippen molar-refractivity contribution >= 4 is 28.8 Å². The molecule has 2 N–H and O–H groups in total. The first-order chi connectivity index (χ1) is 13.2. The van der Waals surface area contributed by atoms with Crippen LogP contribution in [-0.2, 0) is 6.42 Å². The van der Waals surface area contributed by atoms with E-state index >= 15 is 0 Å². The van der Waals surface area contributed by atoms with Crippen molar-refractivity contribution < 1.29 is 14.3 Å². The van der Waals surface area contributed by atoms with Crippen LogP contribution >= 0.6 is 11.3 Å². The zero-order chi connectivity index (χ0) is 19.1. The van der Waals surface area contributed by atoms with E-state index in [1.54, 1.807) is 37.4 Å². The third-order valence-electron chi connectivity index (χ3n) is 4.02. The fourth-order valence-corrected chi connectivity index (χ4v) is 3.21. The maximum atomic E-state index is 12.5. The lowest BCUT2D eigenvalue weighted by atomic mass is 10.1. The monoisotopic (exact) mass is 380 g/mol. The molecule has 6 heteroatoms. The molecular formula is C21H20N2O3S. The quantitative estimate of drug-likeness (QED) is 0.651. The predicted octanol–water partition coefficient (Wildman–Crippen LogP) is 3.98. The molecule has 0 saturated heterocycles. The van der Waals surface area contributed by atoms with Crippen molar-refractivity contribution in [3.8, 4) is 5.75 Å². The first-order valence-electron chi connectivity index (χ1n) is 8.52. The lowest BCUT2D eigenvalue weighted by molar-refractivity contribution is 0.0955. The van der Waals surface area contributed by atoms with Gasteiger partial charge in [0.1, 0.15) is 5.75 Å². The Morgan fingerprint density at radius 2 is 1.74 bits per heavy atom. The zero-order valence-electron chi connectivity index (χ0n) is 14.9. The van der Waals surface area contributed by atoms with Crippen LogP contribution in [0, 0.1) is 0 Å². The Balaban J connectivity index is 1.60. The summed E-state index contributed by atoms with van der Waals surface area (Å²) in [5.41, 5.74) is 2.05. The molecule has 3 aromatic rings. The summed E-state index contributed by atoms with van der Waals surface area (Å²) in [6.45, 7) is 0.498. The van der Waals surface area contributed by atoms with Crippen LogP contribution in [0.3, 0.4) is 0 Å². The Hall–Kier alpha value is -3.12. The summed E-state index contributed by atoms with van der Waals surface area (Å²) < 4.78 is 5.14. The summed E-state index contributed by atoms with van der Waals surface area (Å²) in [5.74, 6) is 0.368. The molecule has 0 aliphatic heterocycles. The minimum atomic E-state index is -0.219. The van der Waals surface area contributed by atoms with Gasteiger partial charge in [0, 0.05) is 6.54 Å². The number of hydrogen-bond donors (Lipinski definition) is 2. The molecule has 0 saturated carbocycles. The van der Waals surface area contributed by atoms with Crippen molar-refractivity contribution in [2.24, 2.45) is 0 Å². The summed E-state index contributed by atoms with van der Waals surface area (Å²) in [6, 6.07) is 18.3. The second kappa shape index (κ2) is 9.00. The number of ether oxygens (including phenoxy) is 1. The fraction of sp³-hybridized carbons (Fsp3) is 0.143. The van der Waals surface area contributed by atoms with Crippen LogP contribution in [0.5, 0.6) is 5.75 Å². The van der Waals surface area contributed by atoms with E-state index in [4.69, 9.17) is 4.74 Å². The number of para-hydroxylation sites is 1. The highest BCUT2D eigenvalue weighted by Crippen LogP contribution is 2.18. The van der Waals surface area contributed by atoms with Gasteiger partial charge in [0.15, 0.2) is 0 Å². The van der Waals surface area contributed by atoms with Gasteiger partial charge < -0.3 is 15.4 Å². The maximum absolute atomic E-state index is 12.5. The molecule has 0 aliphatic rings. The van der Waals surface area contributed by atoms with Crippen molar-refractivity contribution in [1.82, 2.24) is 5.32 Å². The van der Waals surface area contributed by atoms with Gasteiger partial charge in [0.25, 0.3) is 11.8 Å². The van der Waals surface area contributed by atoms with Crippen molar-refractivity contribution in [3.05, 3.63) is 82.0 Å². The fourth-order valence-electron chi connectivity index (χ4n) is 2.59. The molecule has 2 amide bonds. The summed E-state index contributed by atoms with van der Waals surface area (Å²) in [7, 11) is 1.63. The number of thiophene rings is 1. The molecule has 138 valence electrons. The number of benzene rings is 2. The Morgan fingerprint density at radius 3 is 2.44 bits per heavy atom. The molecule has 0 atom stereocenters. The standard InChI is InChI=1S/C21H20N2O3S/c1-26-16-10-8-15(9-11-16)12-13-22-20(24)17-5-2-3-6-18(17)23-21(25)19-7-4-14-27-19/h2-11,14H,12-13H2,1H3,(H,22,24)(H,23,25). The molecule has 5 nitrogen and oxygen atoms in total. The molecule has 27 heavy (non-hydrogen) atoms. The number of anilines is 1. The molecule has 3 rings (SSSR count). The second-order valence-electron chi connectivity index (χ2n) is 5.83. The van der Waals surface area contributed by atoms with Crippen molar-refractivity contribution in [2.45, 2.75) is 6.42 Å². The number of amides is 2. The predicted molar refractivity (Wildman–Crippen MR) is 108 cm³/mol. The summed E-state index contributed by atoms with van der Waals surface area (Å²) in [5, 5.41) is 7.56. The average Bonchev–Trinajstić information content (AvgIpc) is 3.24. The lowest BCUT2D eigenvalue weighted by Gasteiger charge is -2.11. The van der Waals surface area contributed by atoms with Crippen molar-refractivity contribution in [2.75, 3.05) is 19.0 Å². The summed E-state index contributed by atoms with van der Waals surface area (Å²) >= 11 is 1.36. The van der Waals surface area contributed by atoms with Crippen LogP contribution in [0.1, 0.15) is 25.6 Å². The minimum Gasteiger partial charge on any atom is -0.497 e. The maximum Gasteiger partial charge on any atom is 0.265 e. The Bertz CT molecular complexity index is 905. The Morgan fingerprint density at radius 1 is 0.963 bits per heavy atom. The van der Waals surface area contributed by atoms with Crippen LogP contribution in [0.2, 0.25) is 0 Å². The Labute approximate surface area is 162 Å². The molecule has 0 spiro atoms. The lowest BCUT2D eigenvalue weighted by Crippen LogP contribution is -2.27. The first-order valence-corrected chi connectivity index (χ1v) is 9.40. The third-order valence-corrected chi connectivity index (χ3v) is 4.89. The molecular weight excluding hydrogens is 360 g/mol. The average molecular weight is 380 g/mol. The third kappa shape index (κ3) is 4.95. The van der Waals surface area contributed by atoms with Crippen LogP contribution in [0.15, 0.2) is 66.0 Å².